The smallest absolute Gasteiger partial charge is 0.258 e. The topological polar surface area (TPSA) is 52.7 Å². The van der Waals surface area contributed by atoms with Gasteiger partial charge in [-0.1, -0.05) is 73.7 Å². The van der Waals surface area contributed by atoms with Gasteiger partial charge in [0.05, 0.1) is 16.6 Å². The van der Waals surface area contributed by atoms with Gasteiger partial charge in [-0.2, -0.15) is 0 Å². The van der Waals surface area contributed by atoms with Crippen molar-refractivity contribution in [1.29, 1.82) is 0 Å². The zero-order valence-electron chi connectivity index (χ0n) is 21.4. The van der Waals surface area contributed by atoms with Gasteiger partial charge in [-0.3, -0.25) is 9.59 Å². The summed E-state index contributed by atoms with van der Waals surface area (Å²) in [5.41, 5.74) is 1.13. The molecule has 0 bridgehead atoms. The van der Waals surface area contributed by atoms with Gasteiger partial charge in [0.2, 0.25) is 5.91 Å². The molecule has 3 aliphatic rings. The highest BCUT2D eigenvalue weighted by Gasteiger charge is 2.42. The maximum atomic E-state index is 14.3. The van der Waals surface area contributed by atoms with Crippen LogP contribution in [0.4, 0.5) is 4.39 Å². The number of rotatable bonds is 9. The van der Waals surface area contributed by atoms with Gasteiger partial charge in [-0.25, -0.2) is 4.39 Å². The Morgan fingerprint density at radius 2 is 1.68 bits per heavy atom. The van der Waals surface area contributed by atoms with E-state index in [1.54, 1.807) is 11.0 Å². The Bertz CT molecular complexity index is 1060. The molecule has 0 radical (unpaired) electrons. The predicted molar refractivity (Wildman–Crippen MR) is 144 cm³/mol. The number of carbonyl (C=O) groups excluding carboxylic acids is 2. The number of hydrogen-bond acceptors (Lipinski definition) is 3. The third-order valence-electron chi connectivity index (χ3n) is 8.55. The summed E-state index contributed by atoms with van der Waals surface area (Å²) in [4.78, 5) is 30.0. The number of carbonyl (C=O) groups is 2. The van der Waals surface area contributed by atoms with Crippen LogP contribution in [0.25, 0.3) is 0 Å². The molecule has 0 aromatic heterocycles. The van der Waals surface area contributed by atoms with Crippen LogP contribution in [0.3, 0.4) is 0 Å². The lowest BCUT2D eigenvalue weighted by atomic mass is 10.00. The van der Waals surface area contributed by atoms with Gasteiger partial charge < -0.3 is 15.1 Å². The average molecular weight is 526 g/mol. The molecular formula is C30H37ClFN3O2. The maximum Gasteiger partial charge on any atom is 0.258 e. The molecule has 2 saturated heterocycles. The molecule has 198 valence electrons. The van der Waals surface area contributed by atoms with Crippen LogP contribution in [-0.2, 0) is 4.79 Å². The molecule has 7 heteroatoms. The molecule has 2 amide bonds. The molecule has 37 heavy (non-hydrogen) atoms. The zero-order valence-corrected chi connectivity index (χ0v) is 22.1. The van der Waals surface area contributed by atoms with Crippen LogP contribution in [0.2, 0.25) is 5.02 Å². The largest absolute Gasteiger partial charge is 0.349 e. The van der Waals surface area contributed by atoms with E-state index >= 15 is 0 Å². The first kappa shape index (κ1) is 26.2. The zero-order chi connectivity index (χ0) is 25.8. The average Bonchev–Trinajstić information content (AvgIpc) is 3.63. The minimum absolute atomic E-state index is 0.000933. The van der Waals surface area contributed by atoms with Crippen molar-refractivity contribution in [2.45, 2.75) is 51.0 Å². The fraction of sp³-hybridized carbons (Fsp3) is 0.533. The Balaban J connectivity index is 1.13. The minimum Gasteiger partial charge on any atom is -0.349 e. The second kappa shape index (κ2) is 12.0. The first-order valence-corrected chi connectivity index (χ1v) is 14.2. The first-order chi connectivity index (χ1) is 18.0. The Morgan fingerprint density at radius 3 is 2.35 bits per heavy atom. The van der Waals surface area contributed by atoms with Gasteiger partial charge in [0, 0.05) is 39.1 Å². The molecule has 2 aromatic carbocycles. The molecule has 1 saturated carbocycles. The number of halogens is 2. The number of fused-ring (bicyclic) bond motifs is 1. The third-order valence-corrected chi connectivity index (χ3v) is 8.87. The van der Waals surface area contributed by atoms with Crippen molar-refractivity contribution in [2.75, 3.05) is 32.7 Å². The van der Waals surface area contributed by atoms with Gasteiger partial charge in [-0.05, 0) is 48.3 Å². The Morgan fingerprint density at radius 1 is 0.973 bits per heavy atom. The van der Waals surface area contributed by atoms with Crippen LogP contribution in [0.1, 0.15) is 66.9 Å². The summed E-state index contributed by atoms with van der Waals surface area (Å²) >= 11 is 6.13. The summed E-state index contributed by atoms with van der Waals surface area (Å²) in [6, 6.07) is 14.6. The third kappa shape index (κ3) is 6.35. The second-order valence-electron chi connectivity index (χ2n) is 11.1. The Labute approximate surface area is 224 Å². The van der Waals surface area contributed by atoms with E-state index in [9.17, 15) is 14.0 Å². The maximum absolute atomic E-state index is 14.3. The van der Waals surface area contributed by atoms with Crippen molar-refractivity contribution in [3.63, 3.8) is 0 Å². The van der Waals surface area contributed by atoms with Crippen LogP contribution in [0, 0.1) is 23.6 Å². The quantitative estimate of drug-likeness (QED) is 0.457. The van der Waals surface area contributed by atoms with E-state index in [0.717, 1.165) is 38.0 Å². The van der Waals surface area contributed by atoms with E-state index in [4.69, 9.17) is 11.6 Å². The lowest BCUT2D eigenvalue weighted by molar-refractivity contribution is -0.122. The molecule has 5 rings (SSSR count). The number of benzene rings is 2. The summed E-state index contributed by atoms with van der Waals surface area (Å²) in [5, 5.41) is 3.48. The molecule has 5 nitrogen and oxygen atoms in total. The SMILES string of the molecule is O=C(CCC1CCCC1)NC(CCN1CC2CN(C(=O)c3c(F)cccc3Cl)CC2C1)c1ccccc1. The van der Waals surface area contributed by atoms with Crippen molar-refractivity contribution >= 4 is 23.4 Å². The molecule has 3 fully saturated rings. The summed E-state index contributed by atoms with van der Waals surface area (Å²) < 4.78 is 14.3. The number of nitrogens with zero attached hydrogens (tertiary/aromatic N) is 2. The lowest BCUT2D eigenvalue weighted by Crippen LogP contribution is -2.35. The van der Waals surface area contributed by atoms with Gasteiger partial charge in [0.1, 0.15) is 5.82 Å². The highest BCUT2D eigenvalue weighted by atomic mass is 35.5. The van der Waals surface area contributed by atoms with E-state index in [2.05, 4.69) is 22.3 Å². The molecular weight excluding hydrogens is 489 g/mol. The molecule has 3 unspecified atom stereocenters. The predicted octanol–water partition coefficient (Wildman–Crippen LogP) is 5.70. The number of hydrogen-bond donors (Lipinski definition) is 1. The van der Waals surface area contributed by atoms with Crippen molar-refractivity contribution in [3.8, 4) is 0 Å². The van der Waals surface area contributed by atoms with Crippen LogP contribution in [0.5, 0.6) is 0 Å². The molecule has 3 atom stereocenters. The van der Waals surface area contributed by atoms with E-state index in [1.165, 1.54) is 37.8 Å². The number of nitrogens with one attached hydrogen (secondary N) is 1. The Hall–Kier alpha value is -2.44. The second-order valence-corrected chi connectivity index (χ2v) is 11.5. The molecule has 1 N–H and O–H groups in total. The van der Waals surface area contributed by atoms with Crippen LogP contribution >= 0.6 is 11.6 Å². The van der Waals surface area contributed by atoms with E-state index in [1.807, 2.05) is 18.2 Å². The standard InChI is InChI=1S/C30H37ClFN3O2/c31-25-11-6-12-26(32)29(25)30(37)35-19-23-17-34(18-24(23)20-35)16-15-27(22-9-2-1-3-10-22)33-28(36)14-13-21-7-4-5-8-21/h1-3,6,9-12,21,23-24,27H,4-5,7-8,13-20H2,(H,33,36). The van der Waals surface area contributed by atoms with E-state index in [-0.39, 0.29) is 28.4 Å². The highest BCUT2D eigenvalue weighted by molar-refractivity contribution is 6.33. The van der Waals surface area contributed by atoms with Crippen molar-refractivity contribution in [1.82, 2.24) is 15.1 Å². The first-order valence-electron chi connectivity index (χ1n) is 13.8. The van der Waals surface area contributed by atoms with E-state index in [0.29, 0.717) is 37.3 Å². The summed E-state index contributed by atoms with van der Waals surface area (Å²) in [6.07, 6.45) is 7.60. The molecule has 1 aliphatic carbocycles. The fourth-order valence-electron chi connectivity index (χ4n) is 6.52. The fourth-order valence-corrected chi connectivity index (χ4v) is 6.76. The minimum atomic E-state index is -0.562. The summed E-state index contributed by atoms with van der Waals surface area (Å²) in [5.74, 6) is 0.754. The summed E-state index contributed by atoms with van der Waals surface area (Å²) in [6.45, 7) is 3.98. The van der Waals surface area contributed by atoms with E-state index < -0.39 is 5.82 Å². The number of amides is 2. The van der Waals surface area contributed by atoms with Crippen molar-refractivity contribution in [3.05, 3.63) is 70.5 Å². The summed E-state index contributed by atoms with van der Waals surface area (Å²) in [7, 11) is 0. The number of likely N-dealkylation sites (tertiary alicyclic amines) is 2. The normalized spacial score (nSPS) is 22.8. The van der Waals surface area contributed by atoms with Crippen LogP contribution in [-0.4, -0.2) is 54.3 Å². The molecule has 2 heterocycles. The molecule has 2 aliphatic heterocycles. The van der Waals surface area contributed by atoms with Crippen LogP contribution in [0.15, 0.2) is 48.5 Å². The molecule has 2 aromatic rings. The highest BCUT2D eigenvalue weighted by Crippen LogP contribution is 2.34. The molecule has 0 spiro atoms. The van der Waals surface area contributed by atoms with Gasteiger partial charge in [0.15, 0.2) is 0 Å². The van der Waals surface area contributed by atoms with Crippen LogP contribution < -0.4 is 5.32 Å². The monoisotopic (exact) mass is 525 g/mol. The lowest BCUT2D eigenvalue weighted by Gasteiger charge is -2.25. The van der Waals surface area contributed by atoms with Gasteiger partial charge in [-0.15, -0.1) is 0 Å². The van der Waals surface area contributed by atoms with Gasteiger partial charge >= 0.3 is 0 Å². The van der Waals surface area contributed by atoms with Crippen molar-refractivity contribution < 1.29 is 14.0 Å². The van der Waals surface area contributed by atoms with Crippen molar-refractivity contribution in [2.24, 2.45) is 17.8 Å². The Kier molecular flexibility index (Phi) is 8.46. The van der Waals surface area contributed by atoms with Gasteiger partial charge in [0.25, 0.3) is 5.91 Å².